The molecule has 0 radical (unpaired) electrons. The molecule has 61 heavy (non-hydrogen) atoms. The van der Waals surface area contributed by atoms with E-state index in [1.54, 1.807) is 0 Å². The van der Waals surface area contributed by atoms with Crippen LogP contribution in [0, 0.1) is 11.3 Å². The summed E-state index contributed by atoms with van der Waals surface area (Å²) in [6.07, 6.45) is 0. The fourth-order valence-electron chi connectivity index (χ4n) is 9.19. The highest BCUT2D eigenvalue weighted by atomic mass is 15.1. The number of nitriles is 1. The maximum atomic E-state index is 9.40. The van der Waals surface area contributed by atoms with Gasteiger partial charge in [0.1, 0.15) is 0 Å². The van der Waals surface area contributed by atoms with E-state index in [9.17, 15) is 5.26 Å². The molecule has 0 aromatic heterocycles. The van der Waals surface area contributed by atoms with Crippen LogP contribution < -0.4 is 4.90 Å². The minimum absolute atomic E-state index is 0.642. The second-order valence-corrected chi connectivity index (χ2v) is 15.6. The molecule has 0 spiro atoms. The molecule has 0 amide bonds. The van der Waals surface area contributed by atoms with Crippen LogP contribution in [-0.2, 0) is 0 Å². The molecule has 11 rings (SSSR count). The molecule has 2 heteroatoms. The van der Waals surface area contributed by atoms with Crippen molar-refractivity contribution in [3.63, 3.8) is 0 Å². The number of nitrogens with zero attached hydrogens (tertiary/aromatic N) is 2. The third kappa shape index (κ3) is 6.37. The summed E-state index contributed by atoms with van der Waals surface area (Å²) in [6.45, 7) is 0. The Hall–Kier alpha value is -8.25. The predicted molar refractivity (Wildman–Crippen MR) is 258 cm³/mol. The summed E-state index contributed by atoms with van der Waals surface area (Å²) in [7, 11) is 0. The molecule has 284 valence electrons. The van der Waals surface area contributed by atoms with E-state index in [4.69, 9.17) is 0 Å². The minimum Gasteiger partial charge on any atom is -0.311 e. The SMILES string of the molecule is N#Cc1ccc(N(c2ccccc2)c2ccc(-c3ccc(-c4ccc5c(-c6cccc7ccccc67)c6ccccc6c(-c6cccc7ccccc67)c5c4)cc3)cc2)cc1. The molecule has 11 aromatic carbocycles. The third-order valence-electron chi connectivity index (χ3n) is 12.1. The maximum Gasteiger partial charge on any atom is 0.0991 e. The molecular weight excluding hydrogens is 737 g/mol. The molecule has 0 heterocycles. The number of para-hydroxylation sites is 1. The molecule has 0 atom stereocenters. The van der Waals surface area contributed by atoms with Crippen LogP contribution in [0.2, 0.25) is 0 Å². The first-order valence-corrected chi connectivity index (χ1v) is 20.7. The van der Waals surface area contributed by atoms with Gasteiger partial charge in [-0.1, -0.05) is 176 Å². The average Bonchev–Trinajstić information content (AvgIpc) is 3.34. The van der Waals surface area contributed by atoms with Crippen LogP contribution in [0.5, 0.6) is 0 Å². The van der Waals surface area contributed by atoms with Gasteiger partial charge < -0.3 is 4.90 Å². The zero-order valence-corrected chi connectivity index (χ0v) is 33.3. The third-order valence-corrected chi connectivity index (χ3v) is 12.1. The predicted octanol–water partition coefficient (Wildman–Crippen LogP) is 16.3. The lowest BCUT2D eigenvalue weighted by Crippen LogP contribution is -2.09. The van der Waals surface area contributed by atoms with Crippen molar-refractivity contribution in [3.8, 4) is 50.6 Å². The van der Waals surface area contributed by atoms with Crippen molar-refractivity contribution < 1.29 is 0 Å². The van der Waals surface area contributed by atoms with Crippen molar-refractivity contribution in [2.75, 3.05) is 4.90 Å². The van der Waals surface area contributed by atoms with Gasteiger partial charge in [-0.25, -0.2) is 0 Å². The van der Waals surface area contributed by atoms with Crippen LogP contribution in [0.25, 0.3) is 87.6 Å². The van der Waals surface area contributed by atoms with Gasteiger partial charge in [0, 0.05) is 17.1 Å². The fourth-order valence-corrected chi connectivity index (χ4v) is 9.19. The van der Waals surface area contributed by atoms with Gasteiger partial charge in [-0.3, -0.25) is 0 Å². The molecular formula is C59H38N2. The quantitative estimate of drug-likeness (QED) is 0.151. The number of hydrogen-bond donors (Lipinski definition) is 0. The molecule has 0 aliphatic rings. The Labute approximate surface area is 355 Å². The molecule has 0 fully saturated rings. The summed E-state index contributed by atoms with van der Waals surface area (Å²) in [5.41, 5.74) is 13.4. The number of fused-ring (bicyclic) bond motifs is 4. The Morgan fingerprint density at radius 2 is 0.689 bits per heavy atom. The van der Waals surface area contributed by atoms with E-state index in [0.717, 1.165) is 28.2 Å². The fraction of sp³-hybridized carbons (Fsp3) is 0. The zero-order valence-electron chi connectivity index (χ0n) is 33.3. The first kappa shape index (κ1) is 35.9. The van der Waals surface area contributed by atoms with Gasteiger partial charge in [0.05, 0.1) is 11.6 Å². The van der Waals surface area contributed by atoms with Gasteiger partial charge in [-0.2, -0.15) is 5.26 Å². The van der Waals surface area contributed by atoms with Gasteiger partial charge in [-0.05, 0) is 142 Å². The van der Waals surface area contributed by atoms with Gasteiger partial charge in [0.25, 0.3) is 0 Å². The molecule has 0 aliphatic heterocycles. The summed E-state index contributed by atoms with van der Waals surface area (Å²) < 4.78 is 0. The zero-order chi connectivity index (χ0) is 40.7. The number of rotatable bonds is 7. The van der Waals surface area contributed by atoms with Crippen molar-refractivity contribution >= 4 is 60.2 Å². The lowest BCUT2D eigenvalue weighted by atomic mass is 9.83. The molecule has 0 N–H and O–H groups in total. The van der Waals surface area contributed by atoms with Gasteiger partial charge in [-0.15, -0.1) is 0 Å². The first-order chi connectivity index (χ1) is 30.2. The van der Waals surface area contributed by atoms with E-state index >= 15 is 0 Å². The Morgan fingerprint density at radius 3 is 1.25 bits per heavy atom. The van der Waals surface area contributed by atoms with E-state index in [-0.39, 0.29) is 0 Å². The van der Waals surface area contributed by atoms with Crippen molar-refractivity contribution in [1.82, 2.24) is 0 Å². The average molecular weight is 775 g/mol. The van der Waals surface area contributed by atoms with Crippen LogP contribution in [0.15, 0.2) is 231 Å². The van der Waals surface area contributed by atoms with Crippen LogP contribution in [0.1, 0.15) is 5.56 Å². The first-order valence-electron chi connectivity index (χ1n) is 20.7. The summed E-state index contributed by atoms with van der Waals surface area (Å²) in [5, 5.41) is 19.3. The number of benzene rings is 11. The van der Waals surface area contributed by atoms with Gasteiger partial charge in [0.2, 0.25) is 0 Å². The normalized spacial score (nSPS) is 11.3. The molecule has 0 bridgehead atoms. The lowest BCUT2D eigenvalue weighted by Gasteiger charge is -2.25. The summed E-state index contributed by atoms with van der Waals surface area (Å²) >= 11 is 0. The molecule has 11 aromatic rings. The Kier molecular flexibility index (Phi) is 8.92. The number of anilines is 3. The molecule has 0 unspecified atom stereocenters. The highest BCUT2D eigenvalue weighted by molar-refractivity contribution is 6.25. The second-order valence-electron chi connectivity index (χ2n) is 15.6. The Bertz CT molecular complexity index is 3440. The topological polar surface area (TPSA) is 27.0 Å². The highest BCUT2D eigenvalue weighted by Gasteiger charge is 2.20. The molecule has 2 nitrogen and oxygen atoms in total. The minimum atomic E-state index is 0.642. The summed E-state index contributed by atoms with van der Waals surface area (Å²) in [4.78, 5) is 2.22. The van der Waals surface area contributed by atoms with Crippen LogP contribution in [0.3, 0.4) is 0 Å². The summed E-state index contributed by atoms with van der Waals surface area (Å²) in [5.74, 6) is 0. The highest BCUT2D eigenvalue weighted by Crippen LogP contribution is 2.47. The Morgan fingerprint density at radius 1 is 0.295 bits per heavy atom. The van der Waals surface area contributed by atoms with Gasteiger partial charge >= 0.3 is 0 Å². The molecule has 0 aliphatic carbocycles. The monoisotopic (exact) mass is 774 g/mol. The standard InChI is InChI=1S/C59H38N2/c60-39-40-24-33-48(34-25-40)61(47-16-2-1-3-17-47)49-35-30-42(31-36-49)41-26-28-43(29-27-41)46-32-37-56-57(38-46)59(53-23-11-15-45-13-5-7-19-51(45)53)55-21-9-8-20-54(55)58(56)52-22-10-14-44-12-4-6-18-50(44)52/h1-38H. The lowest BCUT2D eigenvalue weighted by molar-refractivity contribution is 1.28. The number of hydrogen-bond acceptors (Lipinski definition) is 2. The van der Waals surface area contributed by atoms with Crippen molar-refractivity contribution in [2.45, 2.75) is 0 Å². The van der Waals surface area contributed by atoms with E-state index in [1.165, 1.54) is 76.5 Å². The van der Waals surface area contributed by atoms with E-state index < -0.39 is 0 Å². The maximum absolute atomic E-state index is 9.40. The second kappa shape index (κ2) is 15.2. The smallest absolute Gasteiger partial charge is 0.0991 e. The van der Waals surface area contributed by atoms with Crippen LogP contribution >= 0.6 is 0 Å². The van der Waals surface area contributed by atoms with Crippen molar-refractivity contribution in [1.29, 1.82) is 5.26 Å². The molecule has 0 saturated heterocycles. The van der Waals surface area contributed by atoms with Crippen molar-refractivity contribution in [2.24, 2.45) is 0 Å². The molecule has 0 saturated carbocycles. The van der Waals surface area contributed by atoms with Gasteiger partial charge in [0.15, 0.2) is 0 Å². The van der Waals surface area contributed by atoms with E-state index in [0.29, 0.717) is 5.56 Å². The van der Waals surface area contributed by atoms with Crippen LogP contribution in [-0.4, -0.2) is 0 Å². The van der Waals surface area contributed by atoms with Crippen LogP contribution in [0.4, 0.5) is 17.1 Å². The van der Waals surface area contributed by atoms with E-state index in [2.05, 4.69) is 199 Å². The Balaban J connectivity index is 1.03. The summed E-state index contributed by atoms with van der Waals surface area (Å²) in [6, 6.07) is 84.9. The largest absolute Gasteiger partial charge is 0.311 e. The van der Waals surface area contributed by atoms with E-state index in [1.807, 2.05) is 42.5 Å². The van der Waals surface area contributed by atoms with Crippen molar-refractivity contribution in [3.05, 3.63) is 236 Å².